The van der Waals surface area contributed by atoms with Gasteiger partial charge >= 0.3 is 0 Å². The molecule has 1 aliphatic rings. The molecule has 0 spiro atoms. The number of imidazole rings is 1. The van der Waals surface area contributed by atoms with Crippen LogP contribution in [0.25, 0.3) is 0 Å². The van der Waals surface area contributed by atoms with Crippen molar-refractivity contribution in [1.29, 1.82) is 0 Å². The summed E-state index contributed by atoms with van der Waals surface area (Å²) in [5.74, 6) is 0.867. The van der Waals surface area contributed by atoms with Crippen molar-refractivity contribution in [2.45, 2.75) is 11.4 Å². The summed E-state index contributed by atoms with van der Waals surface area (Å²) in [4.78, 5) is 6.68. The van der Waals surface area contributed by atoms with Gasteiger partial charge in [-0.2, -0.15) is 4.31 Å². The van der Waals surface area contributed by atoms with E-state index < -0.39 is 10.0 Å². The Morgan fingerprint density at radius 1 is 1.17 bits per heavy atom. The standard InChI is InChI=1S/C15H18Cl2N4O2S/c1-19-14(17)10-18-15(19)11-20-5-7-21(8-6-20)24(22,23)13-4-2-3-12(16)9-13/h2-4,9-10H,5-8,11H2,1H3. The van der Waals surface area contributed by atoms with Gasteiger partial charge in [-0.25, -0.2) is 13.4 Å². The lowest BCUT2D eigenvalue weighted by molar-refractivity contribution is 0.177. The summed E-state index contributed by atoms with van der Waals surface area (Å²) >= 11 is 11.9. The number of nitrogens with zero attached hydrogens (tertiary/aromatic N) is 4. The van der Waals surface area contributed by atoms with Crippen molar-refractivity contribution in [2.75, 3.05) is 26.2 Å². The Kier molecular flexibility index (Phi) is 5.17. The van der Waals surface area contributed by atoms with E-state index in [2.05, 4.69) is 9.88 Å². The van der Waals surface area contributed by atoms with Crippen molar-refractivity contribution >= 4 is 33.2 Å². The average Bonchev–Trinajstić information content (AvgIpc) is 2.87. The molecule has 2 heterocycles. The van der Waals surface area contributed by atoms with Gasteiger partial charge in [0, 0.05) is 38.2 Å². The molecular weight excluding hydrogens is 371 g/mol. The first-order valence-electron chi connectivity index (χ1n) is 7.52. The van der Waals surface area contributed by atoms with E-state index in [1.807, 2.05) is 11.6 Å². The van der Waals surface area contributed by atoms with Gasteiger partial charge in [-0.3, -0.25) is 4.90 Å². The van der Waals surface area contributed by atoms with Gasteiger partial charge in [-0.1, -0.05) is 29.3 Å². The van der Waals surface area contributed by atoms with Crippen LogP contribution in [0.5, 0.6) is 0 Å². The summed E-state index contributed by atoms with van der Waals surface area (Å²) in [6, 6.07) is 6.37. The molecule has 0 radical (unpaired) electrons. The number of sulfonamides is 1. The molecule has 2 aromatic rings. The Morgan fingerprint density at radius 2 is 1.88 bits per heavy atom. The van der Waals surface area contributed by atoms with E-state index in [1.165, 1.54) is 10.4 Å². The minimum Gasteiger partial charge on any atom is -0.321 e. The molecule has 1 aliphatic heterocycles. The molecule has 0 atom stereocenters. The van der Waals surface area contributed by atoms with Gasteiger partial charge in [-0.15, -0.1) is 0 Å². The first-order chi connectivity index (χ1) is 11.4. The monoisotopic (exact) mass is 388 g/mol. The number of rotatable bonds is 4. The van der Waals surface area contributed by atoms with Crippen LogP contribution in [-0.4, -0.2) is 53.4 Å². The highest BCUT2D eigenvalue weighted by molar-refractivity contribution is 7.89. The van der Waals surface area contributed by atoms with Gasteiger partial charge in [0.1, 0.15) is 11.0 Å². The lowest BCUT2D eigenvalue weighted by Crippen LogP contribution is -2.48. The van der Waals surface area contributed by atoms with Gasteiger partial charge < -0.3 is 4.57 Å². The Labute approximate surface area is 151 Å². The molecule has 1 aromatic heterocycles. The molecule has 0 unspecified atom stereocenters. The molecule has 0 amide bonds. The minimum absolute atomic E-state index is 0.235. The van der Waals surface area contributed by atoms with Crippen LogP contribution in [0.4, 0.5) is 0 Å². The van der Waals surface area contributed by atoms with Gasteiger partial charge in [0.15, 0.2) is 0 Å². The zero-order chi connectivity index (χ0) is 17.3. The molecule has 3 rings (SSSR count). The maximum atomic E-state index is 12.7. The SMILES string of the molecule is Cn1c(Cl)cnc1CN1CCN(S(=O)(=O)c2cccc(Cl)c2)CC1. The van der Waals surface area contributed by atoms with E-state index >= 15 is 0 Å². The van der Waals surface area contributed by atoms with Crippen LogP contribution in [0.15, 0.2) is 35.4 Å². The maximum Gasteiger partial charge on any atom is 0.243 e. The molecule has 0 aliphatic carbocycles. The summed E-state index contributed by atoms with van der Waals surface area (Å²) in [7, 11) is -1.64. The molecule has 130 valence electrons. The number of piperazine rings is 1. The van der Waals surface area contributed by atoms with Crippen molar-refractivity contribution < 1.29 is 8.42 Å². The van der Waals surface area contributed by atoms with E-state index in [9.17, 15) is 8.42 Å². The van der Waals surface area contributed by atoms with Crippen molar-refractivity contribution in [3.63, 3.8) is 0 Å². The first kappa shape index (κ1) is 17.7. The number of aromatic nitrogens is 2. The zero-order valence-electron chi connectivity index (χ0n) is 13.2. The van der Waals surface area contributed by atoms with Crippen molar-refractivity contribution in [3.05, 3.63) is 46.5 Å². The van der Waals surface area contributed by atoms with E-state index in [0.717, 1.165) is 5.82 Å². The average molecular weight is 389 g/mol. The Hall–Kier alpha value is -1.12. The van der Waals surface area contributed by atoms with E-state index in [4.69, 9.17) is 23.2 Å². The summed E-state index contributed by atoms with van der Waals surface area (Å²) in [6.07, 6.45) is 1.62. The Bertz CT molecular complexity index is 830. The smallest absolute Gasteiger partial charge is 0.243 e. The molecule has 0 N–H and O–H groups in total. The molecular formula is C15H18Cl2N4O2S. The molecule has 24 heavy (non-hydrogen) atoms. The fraction of sp³-hybridized carbons (Fsp3) is 0.400. The second-order valence-electron chi connectivity index (χ2n) is 5.69. The number of hydrogen-bond donors (Lipinski definition) is 0. The van der Waals surface area contributed by atoms with Crippen LogP contribution < -0.4 is 0 Å². The second kappa shape index (κ2) is 7.01. The van der Waals surface area contributed by atoms with Crippen molar-refractivity contribution in [1.82, 2.24) is 18.8 Å². The van der Waals surface area contributed by atoms with Crippen LogP contribution in [0.3, 0.4) is 0 Å². The van der Waals surface area contributed by atoms with Crippen LogP contribution in [0.1, 0.15) is 5.82 Å². The van der Waals surface area contributed by atoms with Gasteiger partial charge in [0.25, 0.3) is 0 Å². The highest BCUT2D eigenvalue weighted by atomic mass is 35.5. The van der Waals surface area contributed by atoms with Gasteiger partial charge in [-0.05, 0) is 18.2 Å². The Morgan fingerprint density at radius 3 is 2.46 bits per heavy atom. The predicted molar refractivity (Wildman–Crippen MR) is 93.7 cm³/mol. The van der Waals surface area contributed by atoms with Crippen molar-refractivity contribution in [2.24, 2.45) is 7.05 Å². The third kappa shape index (κ3) is 3.60. The van der Waals surface area contributed by atoms with Gasteiger partial charge in [0.2, 0.25) is 10.0 Å². The number of hydrogen-bond acceptors (Lipinski definition) is 4. The fourth-order valence-corrected chi connectivity index (χ4v) is 4.55. The topological polar surface area (TPSA) is 58.4 Å². The summed E-state index contributed by atoms with van der Waals surface area (Å²) in [5.41, 5.74) is 0. The van der Waals surface area contributed by atoms with E-state index in [-0.39, 0.29) is 4.90 Å². The van der Waals surface area contributed by atoms with Crippen LogP contribution in [0.2, 0.25) is 10.2 Å². The van der Waals surface area contributed by atoms with E-state index in [1.54, 1.807) is 24.4 Å². The van der Waals surface area contributed by atoms with E-state index in [0.29, 0.717) is 42.9 Å². The molecule has 9 heteroatoms. The third-order valence-corrected chi connectivity index (χ3v) is 6.64. The molecule has 1 aromatic carbocycles. The van der Waals surface area contributed by atoms with Crippen LogP contribution in [-0.2, 0) is 23.6 Å². The normalized spacial score (nSPS) is 17.3. The molecule has 0 saturated carbocycles. The summed E-state index contributed by atoms with van der Waals surface area (Å²) < 4.78 is 28.7. The number of benzene rings is 1. The molecule has 1 saturated heterocycles. The highest BCUT2D eigenvalue weighted by Gasteiger charge is 2.29. The van der Waals surface area contributed by atoms with Crippen LogP contribution in [0, 0.1) is 0 Å². The van der Waals surface area contributed by atoms with Crippen LogP contribution >= 0.6 is 23.2 Å². The predicted octanol–water partition coefficient (Wildman–Crippen LogP) is 2.23. The molecule has 1 fully saturated rings. The third-order valence-electron chi connectivity index (χ3n) is 4.16. The molecule has 6 nitrogen and oxygen atoms in total. The summed E-state index contributed by atoms with van der Waals surface area (Å²) in [5, 5.41) is 1.01. The second-order valence-corrected chi connectivity index (χ2v) is 8.46. The lowest BCUT2D eigenvalue weighted by Gasteiger charge is -2.33. The fourth-order valence-electron chi connectivity index (χ4n) is 2.68. The summed E-state index contributed by atoms with van der Waals surface area (Å²) in [6.45, 7) is 2.81. The molecule has 0 bridgehead atoms. The van der Waals surface area contributed by atoms with Gasteiger partial charge in [0.05, 0.1) is 17.6 Å². The first-order valence-corrected chi connectivity index (χ1v) is 9.71. The number of halogens is 2. The Balaban J connectivity index is 1.65. The van der Waals surface area contributed by atoms with Crippen molar-refractivity contribution in [3.8, 4) is 0 Å². The lowest BCUT2D eigenvalue weighted by atomic mass is 10.3. The zero-order valence-corrected chi connectivity index (χ0v) is 15.5. The minimum atomic E-state index is -3.50. The largest absolute Gasteiger partial charge is 0.321 e. The maximum absolute atomic E-state index is 12.7. The quantitative estimate of drug-likeness (QED) is 0.805. The highest BCUT2D eigenvalue weighted by Crippen LogP contribution is 2.21.